The Labute approximate surface area is 384 Å². The molecule has 0 unspecified atom stereocenters. The lowest BCUT2D eigenvalue weighted by Gasteiger charge is -2.61. The van der Waals surface area contributed by atoms with E-state index in [2.05, 4.69) is 193 Å². The van der Waals surface area contributed by atoms with E-state index in [0.717, 1.165) is 40.7 Å². The molecule has 0 saturated heterocycles. The summed E-state index contributed by atoms with van der Waals surface area (Å²) in [5.41, 5.74) is 23.7. The van der Waals surface area contributed by atoms with E-state index in [1.807, 2.05) is 0 Å². The zero-order chi connectivity index (χ0) is 42.7. The highest BCUT2D eigenvalue weighted by Crippen LogP contribution is 2.69. The van der Waals surface area contributed by atoms with Gasteiger partial charge in [0.05, 0.1) is 0 Å². The van der Waals surface area contributed by atoms with E-state index < -0.39 is 0 Å². The number of nitrogens with zero attached hydrogens (tertiary/aromatic N) is 1. The molecule has 7 aliphatic rings. The molecule has 1 nitrogen and oxygen atoms in total. The van der Waals surface area contributed by atoms with Crippen LogP contribution in [0.3, 0.4) is 0 Å². The van der Waals surface area contributed by atoms with E-state index >= 15 is 0 Å². The van der Waals surface area contributed by atoms with Crippen molar-refractivity contribution in [3.05, 3.63) is 210 Å². The van der Waals surface area contributed by atoms with Gasteiger partial charge >= 0.3 is 0 Å². The zero-order valence-corrected chi connectivity index (χ0v) is 37.2. The van der Waals surface area contributed by atoms with Gasteiger partial charge in [-0.2, -0.15) is 0 Å². The minimum Gasteiger partial charge on any atom is -0.311 e. The molecule has 0 aromatic heterocycles. The Morgan fingerprint density at radius 2 is 0.738 bits per heavy atom. The van der Waals surface area contributed by atoms with Crippen molar-refractivity contribution in [1.29, 1.82) is 0 Å². The van der Waals surface area contributed by atoms with Crippen LogP contribution in [0.4, 0.5) is 17.1 Å². The lowest BCUT2D eigenvalue weighted by molar-refractivity contribution is -0.0399. The van der Waals surface area contributed by atoms with Crippen LogP contribution in [0.2, 0.25) is 0 Å². The first-order valence-corrected chi connectivity index (χ1v) is 24.8. The monoisotopic (exact) mass is 837 g/mol. The molecule has 0 amide bonds. The van der Waals surface area contributed by atoms with Crippen LogP contribution in [0.1, 0.15) is 86.5 Å². The fourth-order valence-electron chi connectivity index (χ4n) is 15.1. The number of fused-ring (bicyclic) bond motifs is 8. The van der Waals surface area contributed by atoms with Gasteiger partial charge in [-0.25, -0.2) is 0 Å². The van der Waals surface area contributed by atoms with Crippen LogP contribution in [0.25, 0.3) is 55.6 Å². The Balaban J connectivity index is 0.825. The van der Waals surface area contributed by atoms with E-state index in [0.29, 0.717) is 0 Å². The molecule has 2 spiro atoms. The molecule has 0 heterocycles. The topological polar surface area (TPSA) is 3.24 Å². The average Bonchev–Trinajstić information content (AvgIpc) is 3.80. The summed E-state index contributed by atoms with van der Waals surface area (Å²) in [7, 11) is 0. The minimum atomic E-state index is 0.149. The van der Waals surface area contributed by atoms with Gasteiger partial charge in [0.15, 0.2) is 0 Å². The summed E-state index contributed by atoms with van der Waals surface area (Å²) in [4.78, 5) is 2.43. The second-order valence-corrected chi connectivity index (χ2v) is 20.8. The van der Waals surface area contributed by atoms with Crippen molar-refractivity contribution < 1.29 is 0 Å². The summed E-state index contributed by atoms with van der Waals surface area (Å²) >= 11 is 0. The Hall–Kier alpha value is -6.44. The molecule has 0 radical (unpaired) electrons. The van der Waals surface area contributed by atoms with Gasteiger partial charge in [-0.05, 0) is 195 Å². The number of hydrogen-bond donors (Lipinski definition) is 0. The molecule has 316 valence electrons. The normalized spacial score (nSPS) is 23.6. The number of benzene rings is 8. The van der Waals surface area contributed by atoms with Gasteiger partial charge in [-0.15, -0.1) is 0 Å². The van der Waals surface area contributed by atoms with Crippen molar-refractivity contribution in [3.8, 4) is 55.6 Å². The third-order valence-corrected chi connectivity index (χ3v) is 17.7. The third-order valence-electron chi connectivity index (χ3n) is 17.7. The fourth-order valence-corrected chi connectivity index (χ4v) is 15.1. The Bertz CT molecular complexity index is 3080. The molecule has 1 heteroatoms. The smallest absolute Gasteiger partial charge is 0.0462 e. The highest BCUT2D eigenvalue weighted by atomic mass is 15.1. The summed E-state index contributed by atoms with van der Waals surface area (Å²) in [6.07, 6.45) is 13.6. The van der Waals surface area contributed by atoms with Gasteiger partial charge in [-0.1, -0.05) is 159 Å². The van der Waals surface area contributed by atoms with Crippen molar-refractivity contribution in [2.75, 3.05) is 4.90 Å². The van der Waals surface area contributed by atoms with Crippen molar-refractivity contribution in [2.45, 2.75) is 75.0 Å². The highest BCUT2D eigenvalue weighted by Gasteiger charge is 2.61. The van der Waals surface area contributed by atoms with Crippen molar-refractivity contribution in [3.63, 3.8) is 0 Å². The van der Waals surface area contributed by atoms with Crippen molar-refractivity contribution in [1.82, 2.24) is 0 Å². The van der Waals surface area contributed by atoms with Gasteiger partial charge < -0.3 is 4.90 Å². The highest BCUT2D eigenvalue weighted by molar-refractivity contribution is 5.87. The van der Waals surface area contributed by atoms with Gasteiger partial charge in [0, 0.05) is 27.9 Å². The first-order chi connectivity index (χ1) is 32.1. The van der Waals surface area contributed by atoms with E-state index in [1.165, 1.54) is 120 Å². The first-order valence-electron chi connectivity index (χ1n) is 24.8. The van der Waals surface area contributed by atoms with Crippen LogP contribution < -0.4 is 4.90 Å². The van der Waals surface area contributed by atoms with Crippen LogP contribution in [0.15, 0.2) is 188 Å². The predicted octanol–water partition coefficient (Wildman–Crippen LogP) is 17.1. The molecule has 0 atom stereocenters. The summed E-state index contributed by atoms with van der Waals surface area (Å²) < 4.78 is 0. The lowest BCUT2D eigenvalue weighted by Crippen LogP contribution is -2.55. The molecule has 5 fully saturated rings. The largest absolute Gasteiger partial charge is 0.311 e. The zero-order valence-electron chi connectivity index (χ0n) is 37.2. The maximum absolute atomic E-state index is 2.62. The quantitative estimate of drug-likeness (QED) is 0.161. The average molecular weight is 838 g/mol. The first kappa shape index (κ1) is 37.9. The third kappa shape index (κ3) is 5.64. The van der Waals surface area contributed by atoms with E-state index in [4.69, 9.17) is 0 Å². The van der Waals surface area contributed by atoms with Gasteiger partial charge in [0.25, 0.3) is 0 Å². The Morgan fingerprint density at radius 1 is 0.323 bits per heavy atom. The van der Waals surface area contributed by atoms with E-state index in [1.54, 1.807) is 22.3 Å². The van der Waals surface area contributed by atoms with Crippen molar-refractivity contribution >= 4 is 17.1 Å². The second-order valence-electron chi connectivity index (χ2n) is 20.8. The molecule has 0 N–H and O–H groups in total. The van der Waals surface area contributed by atoms with Crippen LogP contribution in [-0.4, -0.2) is 0 Å². The molecule has 5 saturated carbocycles. The fraction of sp³-hybridized carbons (Fsp3) is 0.250. The van der Waals surface area contributed by atoms with Crippen LogP contribution >= 0.6 is 0 Å². The maximum Gasteiger partial charge on any atom is 0.0462 e. The number of rotatable bonds is 6. The molecular formula is C64H55N. The van der Waals surface area contributed by atoms with Gasteiger partial charge in [0.2, 0.25) is 0 Å². The summed E-state index contributed by atoms with van der Waals surface area (Å²) in [6.45, 7) is 0. The van der Waals surface area contributed by atoms with Crippen LogP contribution in [0.5, 0.6) is 0 Å². The number of anilines is 3. The molecule has 7 aliphatic carbocycles. The predicted molar refractivity (Wildman–Crippen MR) is 270 cm³/mol. The molecule has 0 aliphatic heterocycles. The van der Waals surface area contributed by atoms with Crippen molar-refractivity contribution in [2.24, 2.45) is 23.7 Å². The van der Waals surface area contributed by atoms with Gasteiger partial charge in [-0.3, -0.25) is 0 Å². The minimum absolute atomic E-state index is 0.149. The Morgan fingerprint density at radius 3 is 1.31 bits per heavy atom. The Kier molecular flexibility index (Phi) is 8.47. The molecule has 4 bridgehead atoms. The van der Waals surface area contributed by atoms with Gasteiger partial charge in [0.1, 0.15) is 0 Å². The second kappa shape index (κ2) is 14.5. The van der Waals surface area contributed by atoms with Crippen LogP contribution in [-0.2, 0) is 10.8 Å². The molecular weight excluding hydrogens is 783 g/mol. The lowest BCUT2D eigenvalue weighted by atomic mass is 9.43. The molecule has 65 heavy (non-hydrogen) atoms. The molecule has 8 aromatic carbocycles. The van der Waals surface area contributed by atoms with Crippen LogP contribution in [0, 0.1) is 23.7 Å². The SMILES string of the molecule is c1ccc(-c2ccc(N(c3ccc(-c4ccc5c(c4)C4(CCCCC4)c4ccccc4-5)cc3)c3ccc(-c4ccc5c(c4)[C@]4(c6ccccc6-5)[C@@H]5CC6C[C@@H](C5)C[C@@H]4C6)cc3)cc2)cc1. The summed E-state index contributed by atoms with van der Waals surface area (Å²) in [5.74, 6) is 3.41. The summed E-state index contributed by atoms with van der Waals surface area (Å²) in [5, 5.41) is 0. The maximum atomic E-state index is 2.62. The van der Waals surface area contributed by atoms with E-state index in [-0.39, 0.29) is 10.8 Å². The summed E-state index contributed by atoms with van der Waals surface area (Å²) in [6, 6.07) is 72.1. The van der Waals surface area contributed by atoms with E-state index in [9.17, 15) is 0 Å². The molecule has 8 aromatic rings. The molecule has 15 rings (SSSR count). The number of hydrogen-bond acceptors (Lipinski definition) is 1. The standard InChI is InChI=1S/C64H55N/c1-3-11-44(12-4-1)45-17-25-52(26-18-45)65(53-27-19-46(20-28-53)48-23-31-57-55-13-5-7-15-59(55)63(61(57)40-48)33-9-2-10-34-63)54-29-21-47(22-30-54)49-24-32-58-56-14-6-8-16-60(56)64(62(58)41-49)50-36-42-35-43(38-50)39-51(64)37-42/h1,3-8,11-32,40-43,50-51H,2,9-10,33-39H2/t42-,43?,50-,51+,64+.